The van der Waals surface area contributed by atoms with Crippen molar-refractivity contribution < 1.29 is 5.11 Å². The third kappa shape index (κ3) is 5.51. The molecule has 0 spiro atoms. The Bertz CT molecular complexity index is 901. The average molecular weight is 513 g/mol. The first kappa shape index (κ1) is 30.5. The molecule has 0 radical (unpaired) electrons. The van der Waals surface area contributed by atoms with Crippen molar-refractivity contribution in [2.24, 2.45) is 0 Å². The van der Waals surface area contributed by atoms with Crippen LogP contribution in [0.1, 0.15) is 157 Å². The van der Waals surface area contributed by atoms with E-state index in [9.17, 15) is 5.11 Å². The molecular formula is C34H60N2O. The molecule has 212 valence electrons. The first-order valence-corrected chi connectivity index (χ1v) is 14.7. The summed E-state index contributed by atoms with van der Waals surface area (Å²) in [5, 5.41) is 12.3. The minimum atomic E-state index is -0.138. The Balaban J connectivity index is 2.35. The first-order chi connectivity index (χ1) is 16.3. The van der Waals surface area contributed by atoms with E-state index in [2.05, 4.69) is 127 Å². The molecular weight excluding hydrogens is 452 g/mol. The summed E-state index contributed by atoms with van der Waals surface area (Å²) in [5.74, 6) is 1.40. The van der Waals surface area contributed by atoms with Crippen molar-refractivity contribution in [1.82, 2.24) is 9.80 Å². The second-order valence-electron chi connectivity index (χ2n) is 17.2. The topological polar surface area (TPSA) is 26.7 Å². The lowest BCUT2D eigenvalue weighted by atomic mass is 9.64. The Labute approximate surface area is 230 Å². The normalized spacial score (nSPS) is 25.4. The molecule has 37 heavy (non-hydrogen) atoms. The number of benzene rings is 1. The summed E-state index contributed by atoms with van der Waals surface area (Å²) >= 11 is 0. The summed E-state index contributed by atoms with van der Waals surface area (Å²) in [6.07, 6.45) is 4.42. The minimum Gasteiger partial charge on any atom is -0.507 e. The third-order valence-corrected chi connectivity index (χ3v) is 10.4. The van der Waals surface area contributed by atoms with Crippen LogP contribution >= 0.6 is 0 Å². The average Bonchev–Trinajstić information content (AvgIpc) is 2.66. The van der Waals surface area contributed by atoms with E-state index in [1.54, 1.807) is 0 Å². The Morgan fingerprint density at radius 3 is 1.05 bits per heavy atom. The van der Waals surface area contributed by atoms with E-state index in [-0.39, 0.29) is 33.0 Å². The summed E-state index contributed by atoms with van der Waals surface area (Å²) in [6.45, 7) is 32.8. The van der Waals surface area contributed by atoms with Crippen molar-refractivity contribution in [2.75, 3.05) is 14.1 Å². The highest BCUT2D eigenvalue weighted by molar-refractivity contribution is 5.58. The molecule has 0 unspecified atom stereocenters. The van der Waals surface area contributed by atoms with E-state index >= 15 is 0 Å². The molecule has 3 heteroatoms. The van der Waals surface area contributed by atoms with Gasteiger partial charge in [0.2, 0.25) is 0 Å². The molecule has 1 N–H and O–H groups in total. The van der Waals surface area contributed by atoms with Gasteiger partial charge in [-0.1, -0.05) is 47.6 Å². The Hall–Kier alpha value is -1.06. The van der Waals surface area contributed by atoms with Gasteiger partial charge >= 0.3 is 0 Å². The second kappa shape index (κ2) is 8.98. The SMILES string of the molecule is CN1C(C)(C)CC(c2cc(C3CC(C)(C)N(C)C(C)(C)C3)c(C(C)(C)C)c(O)c2C(C)(C)C)CC1(C)C. The third-order valence-electron chi connectivity index (χ3n) is 10.4. The number of rotatable bonds is 2. The molecule has 0 aromatic heterocycles. The maximum atomic E-state index is 12.3. The Kier molecular flexibility index (Phi) is 7.40. The van der Waals surface area contributed by atoms with E-state index in [0.29, 0.717) is 17.6 Å². The fourth-order valence-corrected chi connectivity index (χ4v) is 8.11. The van der Waals surface area contributed by atoms with Gasteiger partial charge in [-0.3, -0.25) is 9.80 Å². The standard InChI is InChI=1S/C34H60N2O/c1-29(2,3)26-24(22-18-31(7,8)35(15)32(9,10)19-22)17-25(27(28(26)37)30(4,5)6)23-20-33(11,12)36(16)34(13,14)21-23/h17,22-23,37H,18-21H2,1-16H3. The van der Waals surface area contributed by atoms with Gasteiger partial charge in [-0.2, -0.15) is 0 Å². The second-order valence-corrected chi connectivity index (χ2v) is 17.2. The molecule has 0 saturated carbocycles. The Morgan fingerprint density at radius 1 is 0.595 bits per heavy atom. The first-order valence-electron chi connectivity index (χ1n) is 14.7. The molecule has 1 aromatic carbocycles. The number of hydrogen-bond acceptors (Lipinski definition) is 3. The number of likely N-dealkylation sites (tertiary alicyclic amines) is 2. The summed E-state index contributed by atoms with van der Waals surface area (Å²) in [5.41, 5.74) is 5.25. The van der Waals surface area contributed by atoms with Gasteiger partial charge in [0.05, 0.1) is 0 Å². The highest BCUT2D eigenvalue weighted by Crippen LogP contribution is 2.54. The van der Waals surface area contributed by atoms with Crippen molar-refractivity contribution in [1.29, 1.82) is 0 Å². The van der Waals surface area contributed by atoms with Crippen LogP contribution in [-0.4, -0.2) is 51.2 Å². The van der Waals surface area contributed by atoms with Crippen LogP contribution in [0.5, 0.6) is 5.75 Å². The summed E-state index contributed by atoms with van der Waals surface area (Å²) in [4.78, 5) is 5.14. The molecule has 2 aliphatic rings. The number of phenols is 1. The molecule has 0 atom stereocenters. The van der Waals surface area contributed by atoms with E-state index in [4.69, 9.17) is 0 Å². The zero-order valence-electron chi connectivity index (χ0n) is 27.4. The van der Waals surface area contributed by atoms with Crippen LogP contribution in [0.25, 0.3) is 0 Å². The van der Waals surface area contributed by atoms with Gasteiger partial charge < -0.3 is 5.11 Å². The minimum absolute atomic E-state index is 0.0948. The van der Waals surface area contributed by atoms with Gasteiger partial charge in [-0.05, 0) is 129 Å². The zero-order valence-corrected chi connectivity index (χ0v) is 27.4. The predicted octanol–water partition coefficient (Wildman–Crippen LogP) is 8.72. The highest BCUT2D eigenvalue weighted by atomic mass is 16.3. The Morgan fingerprint density at radius 2 is 0.838 bits per heavy atom. The van der Waals surface area contributed by atoms with Crippen LogP contribution in [0, 0.1) is 0 Å². The van der Waals surface area contributed by atoms with Crippen molar-refractivity contribution in [3.8, 4) is 5.75 Å². The van der Waals surface area contributed by atoms with Crippen LogP contribution in [-0.2, 0) is 10.8 Å². The number of piperidine rings is 2. The molecule has 2 fully saturated rings. The maximum absolute atomic E-state index is 12.3. The van der Waals surface area contributed by atoms with Crippen LogP contribution in [0.4, 0.5) is 0 Å². The van der Waals surface area contributed by atoms with E-state index in [1.807, 2.05) is 0 Å². The van der Waals surface area contributed by atoms with Gasteiger partial charge in [0.1, 0.15) is 5.75 Å². The molecule has 3 nitrogen and oxygen atoms in total. The number of hydrogen-bond donors (Lipinski definition) is 1. The fraction of sp³-hybridized carbons (Fsp3) is 0.824. The van der Waals surface area contributed by atoms with Crippen LogP contribution in [0.3, 0.4) is 0 Å². The summed E-state index contributed by atoms with van der Waals surface area (Å²) in [6, 6.07) is 2.59. The van der Waals surface area contributed by atoms with Crippen LogP contribution in [0.15, 0.2) is 6.07 Å². The van der Waals surface area contributed by atoms with Crippen molar-refractivity contribution in [2.45, 2.75) is 167 Å². The molecule has 2 saturated heterocycles. The molecule has 2 heterocycles. The zero-order chi connectivity index (χ0) is 28.7. The lowest BCUT2D eigenvalue weighted by Crippen LogP contribution is -2.58. The molecule has 1 aromatic rings. The van der Waals surface area contributed by atoms with E-state index in [1.165, 1.54) is 22.3 Å². The largest absolute Gasteiger partial charge is 0.507 e. The molecule has 3 rings (SSSR count). The molecule has 0 amide bonds. The number of aromatic hydroxyl groups is 1. The van der Waals surface area contributed by atoms with Gasteiger partial charge in [0.25, 0.3) is 0 Å². The van der Waals surface area contributed by atoms with Crippen molar-refractivity contribution in [3.05, 3.63) is 28.3 Å². The molecule has 2 aliphatic heterocycles. The van der Waals surface area contributed by atoms with Crippen molar-refractivity contribution in [3.63, 3.8) is 0 Å². The van der Waals surface area contributed by atoms with Gasteiger partial charge in [-0.25, -0.2) is 0 Å². The van der Waals surface area contributed by atoms with E-state index in [0.717, 1.165) is 25.7 Å². The maximum Gasteiger partial charge on any atom is 0.123 e. The number of phenolic OH excluding ortho intramolecular Hbond substituents is 1. The smallest absolute Gasteiger partial charge is 0.123 e. The quantitative estimate of drug-likeness (QED) is 0.429. The van der Waals surface area contributed by atoms with Gasteiger partial charge in [-0.15, -0.1) is 0 Å². The summed E-state index contributed by atoms with van der Waals surface area (Å²) < 4.78 is 0. The predicted molar refractivity (Wildman–Crippen MR) is 161 cm³/mol. The van der Waals surface area contributed by atoms with Gasteiger partial charge in [0.15, 0.2) is 0 Å². The monoisotopic (exact) mass is 512 g/mol. The van der Waals surface area contributed by atoms with Gasteiger partial charge in [0, 0.05) is 33.3 Å². The summed E-state index contributed by atoms with van der Waals surface area (Å²) in [7, 11) is 4.57. The van der Waals surface area contributed by atoms with Crippen LogP contribution in [0.2, 0.25) is 0 Å². The highest BCUT2D eigenvalue weighted by Gasteiger charge is 2.48. The number of nitrogens with zero attached hydrogens (tertiary/aromatic N) is 2. The molecule has 0 aliphatic carbocycles. The van der Waals surface area contributed by atoms with Crippen LogP contribution < -0.4 is 0 Å². The lowest BCUT2D eigenvalue weighted by molar-refractivity contribution is -0.0140. The lowest BCUT2D eigenvalue weighted by Gasteiger charge is -2.55. The van der Waals surface area contributed by atoms with E-state index < -0.39 is 0 Å². The fourth-order valence-electron chi connectivity index (χ4n) is 8.11. The molecule has 0 bridgehead atoms. The van der Waals surface area contributed by atoms with Crippen molar-refractivity contribution >= 4 is 0 Å².